The van der Waals surface area contributed by atoms with Crippen molar-refractivity contribution in [2.45, 2.75) is 13.2 Å². The van der Waals surface area contributed by atoms with Crippen molar-refractivity contribution in [3.8, 4) is 5.75 Å². The second-order valence-corrected chi connectivity index (χ2v) is 7.83. The second-order valence-electron chi connectivity index (χ2n) is 6.10. The van der Waals surface area contributed by atoms with Gasteiger partial charge in [0.05, 0.1) is 6.21 Å². The van der Waals surface area contributed by atoms with Gasteiger partial charge in [-0.05, 0) is 42.0 Å². The molecule has 3 aromatic rings. The van der Waals surface area contributed by atoms with E-state index in [1.165, 1.54) is 0 Å². The van der Waals surface area contributed by atoms with Gasteiger partial charge in [0.2, 0.25) is 0 Å². The Morgan fingerprint density at radius 3 is 2.62 bits per heavy atom. The minimum absolute atomic E-state index is 0.368. The average Bonchev–Trinajstić information content (AvgIpc) is 2.73. The van der Waals surface area contributed by atoms with Crippen molar-refractivity contribution < 1.29 is 4.74 Å². The third-order valence-electron chi connectivity index (χ3n) is 3.98. The molecule has 0 saturated heterocycles. The fraction of sp³-hybridized carbons (Fsp3) is 0.0909. The van der Waals surface area contributed by atoms with Gasteiger partial charge in [-0.3, -0.25) is 5.43 Å². The Labute approximate surface area is 189 Å². The molecule has 0 aliphatic rings. The molecule has 0 atom stereocenters. The highest BCUT2D eigenvalue weighted by Gasteiger charge is 2.05. The van der Waals surface area contributed by atoms with E-state index < -0.39 is 0 Å². The van der Waals surface area contributed by atoms with E-state index in [0.29, 0.717) is 29.0 Å². The van der Waals surface area contributed by atoms with Gasteiger partial charge >= 0.3 is 0 Å². The molecule has 0 bridgehead atoms. The van der Waals surface area contributed by atoms with Crippen LogP contribution in [-0.2, 0) is 13.2 Å². The maximum Gasteiger partial charge on any atom is 0.187 e. The van der Waals surface area contributed by atoms with Gasteiger partial charge in [-0.1, -0.05) is 76.1 Å². The number of thiocarbonyl (C=S) groups is 1. The van der Waals surface area contributed by atoms with Crippen LogP contribution in [0.15, 0.2) is 82.4 Å². The minimum atomic E-state index is 0.368. The number of hydrogen-bond acceptors (Lipinski definition) is 3. The molecule has 2 N–H and O–H groups in total. The third kappa shape index (κ3) is 6.85. The predicted molar refractivity (Wildman–Crippen MR) is 127 cm³/mol. The standard InChI is InChI=1S/C22H19BrClN3OS/c23-19-10-11-21(28-15-17-8-4-5-9-20(17)24)18(12-19)14-26-27-22(29)25-13-16-6-2-1-3-7-16/h1-12,14H,13,15H2,(H2,25,27,29)/b26-14+. The summed E-state index contributed by atoms with van der Waals surface area (Å²) in [6, 6.07) is 23.4. The highest BCUT2D eigenvalue weighted by molar-refractivity contribution is 9.10. The summed E-state index contributed by atoms with van der Waals surface area (Å²) in [7, 11) is 0. The number of nitrogens with one attached hydrogen (secondary N) is 2. The number of hydrazone groups is 1. The Hall–Kier alpha value is -2.41. The molecule has 3 aromatic carbocycles. The summed E-state index contributed by atoms with van der Waals surface area (Å²) in [4.78, 5) is 0. The van der Waals surface area contributed by atoms with Gasteiger partial charge in [0.1, 0.15) is 12.4 Å². The van der Waals surface area contributed by atoms with Crippen LogP contribution >= 0.6 is 39.7 Å². The zero-order chi connectivity index (χ0) is 20.5. The number of rotatable bonds is 7. The molecule has 29 heavy (non-hydrogen) atoms. The van der Waals surface area contributed by atoms with E-state index in [9.17, 15) is 0 Å². The number of benzene rings is 3. The van der Waals surface area contributed by atoms with Crippen LogP contribution in [-0.4, -0.2) is 11.3 Å². The quantitative estimate of drug-likeness (QED) is 0.255. The maximum atomic E-state index is 6.20. The van der Waals surface area contributed by atoms with Crippen molar-refractivity contribution in [2.24, 2.45) is 5.10 Å². The molecule has 0 saturated carbocycles. The van der Waals surface area contributed by atoms with Crippen molar-refractivity contribution >= 4 is 51.1 Å². The molecule has 4 nitrogen and oxygen atoms in total. The summed E-state index contributed by atoms with van der Waals surface area (Å²) in [6.07, 6.45) is 1.67. The van der Waals surface area contributed by atoms with E-state index >= 15 is 0 Å². The maximum absolute atomic E-state index is 6.20. The number of halogens is 2. The molecule has 7 heteroatoms. The summed E-state index contributed by atoms with van der Waals surface area (Å²) in [6.45, 7) is 0.998. The van der Waals surface area contributed by atoms with Crippen molar-refractivity contribution in [3.05, 3.63) is 99.0 Å². The molecule has 0 spiro atoms. The van der Waals surface area contributed by atoms with E-state index in [1.807, 2.05) is 72.8 Å². The lowest BCUT2D eigenvalue weighted by molar-refractivity contribution is 0.306. The van der Waals surface area contributed by atoms with E-state index in [0.717, 1.165) is 21.2 Å². The largest absolute Gasteiger partial charge is 0.488 e. The third-order valence-corrected chi connectivity index (χ3v) is 5.08. The highest BCUT2D eigenvalue weighted by Crippen LogP contribution is 2.24. The minimum Gasteiger partial charge on any atom is -0.488 e. The topological polar surface area (TPSA) is 45.7 Å². The molecule has 0 fully saturated rings. The van der Waals surface area contributed by atoms with Crippen molar-refractivity contribution in [2.75, 3.05) is 0 Å². The van der Waals surface area contributed by atoms with E-state index in [-0.39, 0.29) is 0 Å². The van der Waals surface area contributed by atoms with E-state index in [1.54, 1.807) is 6.21 Å². The van der Waals surface area contributed by atoms with Gasteiger partial charge in [0.25, 0.3) is 0 Å². The molecule has 0 aromatic heterocycles. The summed E-state index contributed by atoms with van der Waals surface area (Å²) in [5.74, 6) is 0.696. The van der Waals surface area contributed by atoms with Crippen LogP contribution in [0.4, 0.5) is 0 Å². The molecule has 148 valence electrons. The van der Waals surface area contributed by atoms with Crippen molar-refractivity contribution in [3.63, 3.8) is 0 Å². The van der Waals surface area contributed by atoms with E-state index in [4.69, 9.17) is 28.6 Å². The van der Waals surface area contributed by atoms with Gasteiger partial charge < -0.3 is 10.1 Å². The molecular formula is C22H19BrClN3OS. The summed E-state index contributed by atoms with van der Waals surface area (Å²) >= 11 is 14.9. The zero-order valence-electron chi connectivity index (χ0n) is 15.4. The summed E-state index contributed by atoms with van der Waals surface area (Å²) in [5, 5.41) is 8.46. The smallest absolute Gasteiger partial charge is 0.187 e. The normalized spacial score (nSPS) is 10.7. The SMILES string of the molecule is S=C(NCc1ccccc1)N/N=C/c1cc(Br)ccc1OCc1ccccc1Cl. The van der Waals surface area contributed by atoms with Gasteiger partial charge in [-0.15, -0.1) is 0 Å². The van der Waals surface area contributed by atoms with Crippen LogP contribution in [0.3, 0.4) is 0 Å². The first-order valence-electron chi connectivity index (χ1n) is 8.88. The van der Waals surface area contributed by atoms with Gasteiger partial charge in [-0.2, -0.15) is 5.10 Å². The number of nitrogens with zero attached hydrogens (tertiary/aromatic N) is 1. The molecule has 0 unspecified atom stereocenters. The first-order valence-corrected chi connectivity index (χ1v) is 10.5. The van der Waals surface area contributed by atoms with Crippen LogP contribution in [0.2, 0.25) is 5.02 Å². The molecule has 0 aliphatic heterocycles. The lowest BCUT2D eigenvalue weighted by Gasteiger charge is -2.11. The monoisotopic (exact) mass is 487 g/mol. The fourth-order valence-electron chi connectivity index (χ4n) is 2.50. The highest BCUT2D eigenvalue weighted by atomic mass is 79.9. The molecular weight excluding hydrogens is 470 g/mol. The van der Waals surface area contributed by atoms with Crippen LogP contribution in [0, 0.1) is 0 Å². The number of ether oxygens (including phenoxy) is 1. The summed E-state index contributed by atoms with van der Waals surface area (Å²) < 4.78 is 6.87. The van der Waals surface area contributed by atoms with Crippen molar-refractivity contribution in [1.82, 2.24) is 10.7 Å². The van der Waals surface area contributed by atoms with Gasteiger partial charge in [0, 0.05) is 27.2 Å². The molecule has 3 rings (SSSR count). The van der Waals surface area contributed by atoms with Crippen molar-refractivity contribution in [1.29, 1.82) is 0 Å². The molecule has 0 aliphatic carbocycles. The Morgan fingerprint density at radius 2 is 1.83 bits per heavy atom. The number of hydrogen-bond donors (Lipinski definition) is 2. The van der Waals surface area contributed by atoms with Crippen LogP contribution in [0.25, 0.3) is 0 Å². The Morgan fingerprint density at radius 1 is 1.07 bits per heavy atom. The first-order chi connectivity index (χ1) is 14.1. The Bertz CT molecular complexity index is 998. The summed E-state index contributed by atoms with van der Waals surface area (Å²) in [5.41, 5.74) is 5.70. The van der Waals surface area contributed by atoms with Crippen LogP contribution in [0.1, 0.15) is 16.7 Å². The van der Waals surface area contributed by atoms with Crippen LogP contribution < -0.4 is 15.5 Å². The van der Waals surface area contributed by atoms with E-state index in [2.05, 4.69) is 31.8 Å². The fourth-order valence-corrected chi connectivity index (χ4v) is 3.19. The lowest BCUT2D eigenvalue weighted by atomic mass is 10.2. The molecule has 0 amide bonds. The second kappa shape index (κ2) is 11.0. The zero-order valence-corrected chi connectivity index (χ0v) is 18.6. The molecule has 0 radical (unpaired) electrons. The Balaban J connectivity index is 1.58. The van der Waals surface area contributed by atoms with Gasteiger partial charge in [-0.25, -0.2) is 0 Å². The predicted octanol–water partition coefficient (Wildman–Crippen LogP) is 5.68. The lowest BCUT2D eigenvalue weighted by Crippen LogP contribution is -2.31. The first kappa shape index (κ1) is 21.3. The van der Waals surface area contributed by atoms with Crippen LogP contribution in [0.5, 0.6) is 5.75 Å². The molecule has 0 heterocycles. The Kier molecular flexibility index (Phi) is 8.04. The average molecular weight is 489 g/mol. The van der Waals surface area contributed by atoms with Gasteiger partial charge in [0.15, 0.2) is 5.11 Å².